The van der Waals surface area contributed by atoms with Crippen LogP contribution in [0.2, 0.25) is 0 Å². The lowest BCUT2D eigenvalue weighted by atomic mass is 10.1. The third-order valence-electron chi connectivity index (χ3n) is 6.22. The summed E-state index contributed by atoms with van der Waals surface area (Å²) >= 11 is 0. The van der Waals surface area contributed by atoms with Gasteiger partial charge in [0.05, 0.1) is 32.7 Å². The van der Waals surface area contributed by atoms with Gasteiger partial charge in [0.25, 0.3) is 0 Å². The Morgan fingerprint density at radius 3 is 2.45 bits per heavy atom. The molecule has 0 aliphatic carbocycles. The fourth-order valence-electron chi connectivity index (χ4n) is 4.50. The van der Waals surface area contributed by atoms with Crippen LogP contribution in [-0.2, 0) is 14.8 Å². The molecule has 2 aliphatic rings. The van der Waals surface area contributed by atoms with Gasteiger partial charge in [0.15, 0.2) is 17.3 Å². The first-order valence-electron chi connectivity index (χ1n) is 11.7. The van der Waals surface area contributed by atoms with Gasteiger partial charge in [-0.15, -0.1) is 10.2 Å². The van der Waals surface area contributed by atoms with Crippen LogP contribution < -0.4 is 19.1 Å². The van der Waals surface area contributed by atoms with Crippen LogP contribution in [0.15, 0.2) is 18.7 Å². The van der Waals surface area contributed by atoms with Gasteiger partial charge < -0.3 is 24.2 Å². The van der Waals surface area contributed by atoms with Crippen molar-refractivity contribution >= 4 is 21.9 Å². The van der Waals surface area contributed by atoms with Crippen molar-refractivity contribution in [1.29, 1.82) is 0 Å². The van der Waals surface area contributed by atoms with Gasteiger partial charge in [0, 0.05) is 19.7 Å². The molecule has 5 rings (SSSR count). The summed E-state index contributed by atoms with van der Waals surface area (Å²) in [5.74, 6) is -0.171. The number of ether oxygens (including phenoxy) is 3. The van der Waals surface area contributed by atoms with Crippen molar-refractivity contribution in [2.75, 3.05) is 43.5 Å². The first-order chi connectivity index (χ1) is 18.3. The molecule has 0 saturated carbocycles. The van der Waals surface area contributed by atoms with E-state index in [9.17, 15) is 17.9 Å². The number of aromatic nitrogens is 7. The van der Waals surface area contributed by atoms with Crippen molar-refractivity contribution in [2.45, 2.75) is 36.7 Å². The number of sulfonamides is 1. The molecule has 0 unspecified atom stereocenters. The highest BCUT2D eigenvalue weighted by molar-refractivity contribution is 7.93. The number of piperidine rings is 1. The van der Waals surface area contributed by atoms with E-state index in [1.54, 1.807) is 0 Å². The van der Waals surface area contributed by atoms with Gasteiger partial charge in [0.2, 0.25) is 33.7 Å². The normalized spacial score (nSPS) is 21.9. The molecule has 0 aromatic carbocycles. The average Bonchev–Trinajstić information content (AvgIpc) is 3.58. The molecule has 3 aromatic rings. The Morgan fingerprint density at radius 1 is 1.11 bits per heavy atom. The van der Waals surface area contributed by atoms with Gasteiger partial charge in [-0.2, -0.15) is 9.97 Å². The lowest BCUT2D eigenvalue weighted by Gasteiger charge is -2.35. The number of hydrogen-bond donors (Lipinski definition) is 2. The SMILES string of the molecule is COc1ncnc(OC)c1-n1c(NS(=O)(=O)[C@H]2C[C@@H](O)CN(c3ncc(F)cn3)C2)nnc1[C@@H]1CCCO1. The second kappa shape index (κ2) is 10.6. The van der Waals surface area contributed by atoms with E-state index in [4.69, 9.17) is 14.2 Å². The number of hydrogen-bond acceptors (Lipinski definition) is 13. The van der Waals surface area contributed by atoms with Crippen molar-refractivity contribution in [3.63, 3.8) is 0 Å². The summed E-state index contributed by atoms with van der Waals surface area (Å²) in [5.41, 5.74) is 0.190. The van der Waals surface area contributed by atoms with Crippen LogP contribution in [-0.4, -0.2) is 93.5 Å². The van der Waals surface area contributed by atoms with E-state index in [-0.39, 0.29) is 48.9 Å². The molecule has 3 aromatic heterocycles. The van der Waals surface area contributed by atoms with Crippen molar-refractivity contribution in [3.8, 4) is 17.4 Å². The van der Waals surface area contributed by atoms with Gasteiger partial charge in [-0.05, 0) is 19.3 Å². The lowest BCUT2D eigenvalue weighted by molar-refractivity contribution is 0.103. The van der Waals surface area contributed by atoms with E-state index in [1.807, 2.05) is 0 Å². The monoisotopic (exact) mass is 551 g/mol. The highest BCUT2D eigenvalue weighted by Crippen LogP contribution is 2.37. The number of β-amino-alcohol motifs (C(OH)–C–C–N with tert-alkyl or cyclic N) is 1. The number of nitrogens with zero attached hydrogens (tertiary/aromatic N) is 8. The molecule has 2 fully saturated rings. The molecular weight excluding hydrogens is 525 g/mol. The Labute approximate surface area is 217 Å². The number of nitrogens with one attached hydrogen (secondary N) is 1. The second-order valence-corrected chi connectivity index (χ2v) is 10.7. The van der Waals surface area contributed by atoms with Gasteiger partial charge in [-0.3, -0.25) is 9.29 Å². The van der Waals surface area contributed by atoms with E-state index in [0.29, 0.717) is 18.9 Å². The van der Waals surface area contributed by atoms with Crippen molar-refractivity contribution < 1.29 is 32.1 Å². The van der Waals surface area contributed by atoms with E-state index >= 15 is 0 Å². The van der Waals surface area contributed by atoms with Crippen molar-refractivity contribution in [2.24, 2.45) is 0 Å². The van der Waals surface area contributed by atoms with E-state index < -0.39 is 33.3 Å². The van der Waals surface area contributed by atoms with Crippen LogP contribution in [0.25, 0.3) is 5.69 Å². The van der Waals surface area contributed by atoms with Gasteiger partial charge in [-0.25, -0.2) is 22.8 Å². The molecule has 38 heavy (non-hydrogen) atoms. The Bertz CT molecular complexity index is 1360. The number of rotatable bonds is 8. The zero-order valence-corrected chi connectivity index (χ0v) is 21.4. The number of methoxy groups -OCH3 is 2. The summed E-state index contributed by atoms with van der Waals surface area (Å²) in [5, 5.41) is 17.7. The molecule has 0 radical (unpaired) electrons. The minimum absolute atomic E-state index is 0.0498. The summed E-state index contributed by atoms with van der Waals surface area (Å²) in [4.78, 5) is 17.6. The molecule has 5 heterocycles. The lowest BCUT2D eigenvalue weighted by Crippen LogP contribution is -2.50. The minimum atomic E-state index is -4.17. The van der Waals surface area contributed by atoms with E-state index in [2.05, 4.69) is 34.9 Å². The third-order valence-corrected chi connectivity index (χ3v) is 7.91. The van der Waals surface area contributed by atoms with E-state index in [1.165, 1.54) is 30.0 Å². The molecule has 0 amide bonds. The molecule has 2 N–H and O–H groups in total. The zero-order valence-electron chi connectivity index (χ0n) is 20.6. The smallest absolute Gasteiger partial charge is 0.245 e. The maximum absolute atomic E-state index is 13.6. The van der Waals surface area contributed by atoms with Gasteiger partial charge >= 0.3 is 0 Å². The van der Waals surface area contributed by atoms with Crippen LogP contribution in [0.4, 0.5) is 16.3 Å². The average molecular weight is 552 g/mol. The highest BCUT2D eigenvalue weighted by atomic mass is 32.2. The maximum atomic E-state index is 13.6. The number of halogens is 1. The third kappa shape index (κ3) is 5.03. The largest absolute Gasteiger partial charge is 0.479 e. The quantitative estimate of drug-likeness (QED) is 0.389. The van der Waals surface area contributed by atoms with Gasteiger partial charge in [-0.1, -0.05) is 0 Å². The maximum Gasteiger partial charge on any atom is 0.245 e. The molecule has 3 atom stereocenters. The fraction of sp³-hybridized carbons (Fsp3) is 0.524. The number of anilines is 2. The zero-order chi connectivity index (χ0) is 26.9. The fourth-order valence-corrected chi connectivity index (χ4v) is 5.91. The Balaban J connectivity index is 1.51. The number of aliphatic hydroxyl groups excluding tert-OH is 1. The summed E-state index contributed by atoms with van der Waals surface area (Å²) in [6.45, 7) is 0.554. The van der Waals surface area contributed by atoms with Crippen LogP contribution in [0, 0.1) is 5.82 Å². The standard InChI is InChI=1S/C21H26FN9O6S/c1-35-18-16(19(36-2)26-11-25-18)31-17(15-4-3-5-37-15)27-28-21(31)29-38(33,34)14-6-13(32)9-30(10-14)20-23-7-12(22)8-24-20/h7-8,11,13-15,32H,3-6,9-10H2,1-2H3,(H,28,29)/t13-,14+,15+/m1/s1. The molecule has 204 valence electrons. The summed E-state index contributed by atoms with van der Waals surface area (Å²) in [7, 11) is -1.36. The van der Waals surface area contributed by atoms with Crippen LogP contribution in [0.1, 0.15) is 31.2 Å². The van der Waals surface area contributed by atoms with Crippen LogP contribution in [0.3, 0.4) is 0 Å². The van der Waals surface area contributed by atoms with Crippen molar-refractivity contribution in [3.05, 3.63) is 30.4 Å². The molecular formula is C21H26FN9O6S. The Morgan fingerprint density at radius 2 is 1.82 bits per heavy atom. The Kier molecular flexibility index (Phi) is 7.22. The molecule has 0 spiro atoms. The van der Waals surface area contributed by atoms with E-state index in [0.717, 1.165) is 18.8 Å². The van der Waals surface area contributed by atoms with Crippen LogP contribution >= 0.6 is 0 Å². The highest BCUT2D eigenvalue weighted by Gasteiger charge is 2.38. The Hall–Kier alpha value is -3.70. The van der Waals surface area contributed by atoms with Gasteiger partial charge in [0.1, 0.15) is 17.7 Å². The summed E-state index contributed by atoms with van der Waals surface area (Å²) in [6.07, 6.45) is 3.12. The summed E-state index contributed by atoms with van der Waals surface area (Å²) < 4.78 is 61.0. The first-order valence-corrected chi connectivity index (χ1v) is 13.3. The minimum Gasteiger partial charge on any atom is -0.479 e. The second-order valence-electron chi connectivity index (χ2n) is 8.72. The molecule has 15 nitrogen and oxygen atoms in total. The van der Waals surface area contributed by atoms with Crippen molar-refractivity contribution in [1.82, 2.24) is 34.7 Å². The molecule has 2 saturated heterocycles. The number of aliphatic hydroxyl groups is 1. The predicted octanol–water partition coefficient (Wildman–Crippen LogP) is 0.237. The summed E-state index contributed by atoms with van der Waals surface area (Å²) in [6, 6.07) is 0. The molecule has 17 heteroatoms. The first kappa shape index (κ1) is 25.9. The molecule has 2 aliphatic heterocycles. The molecule has 0 bridgehead atoms. The topological polar surface area (TPSA) is 180 Å². The van der Waals surface area contributed by atoms with Crippen LogP contribution in [0.5, 0.6) is 11.8 Å². The predicted molar refractivity (Wildman–Crippen MR) is 129 cm³/mol.